The van der Waals surface area contributed by atoms with Crippen molar-refractivity contribution in [1.82, 2.24) is 5.32 Å². The van der Waals surface area contributed by atoms with Crippen LogP contribution in [-0.4, -0.2) is 16.0 Å². The number of aliphatic carboxylic acids is 1. The van der Waals surface area contributed by atoms with Crippen molar-refractivity contribution < 1.29 is 14.8 Å². The van der Waals surface area contributed by atoms with E-state index >= 15 is 0 Å². The highest BCUT2D eigenvalue weighted by Gasteiger charge is 2.40. The van der Waals surface area contributed by atoms with Crippen LogP contribution in [0, 0.1) is 10.1 Å². The van der Waals surface area contributed by atoms with Crippen LogP contribution < -0.4 is 5.32 Å². The molecule has 0 saturated carbocycles. The van der Waals surface area contributed by atoms with Crippen molar-refractivity contribution in [3.05, 3.63) is 67.6 Å². The Morgan fingerprint density at radius 1 is 1.33 bits per heavy atom. The summed E-state index contributed by atoms with van der Waals surface area (Å²) in [7, 11) is 0. The molecule has 1 aromatic carbocycles. The summed E-state index contributed by atoms with van der Waals surface area (Å²) in [4.78, 5) is 22.4. The molecule has 1 aliphatic rings. The predicted octanol–water partition coefficient (Wildman–Crippen LogP) is 2.89. The van der Waals surface area contributed by atoms with Gasteiger partial charge in [0, 0.05) is 10.7 Å². The second kappa shape index (κ2) is 5.57. The average Bonchev–Trinajstić information content (AvgIpc) is 2.37. The molecule has 2 rings (SSSR count). The van der Waals surface area contributed by atoms with Crippen LogP contribution in [0.1, 0.15) is 25.3 Å². The molecule has 0 aliphatic carbocycles. The molecular weight excluding hydrogens is 296 g/mol. The summed E-state index contributed by atoms with van der Waals surface area (Å²) in [5, 5.41) is 23.9. The molecule has 21 heavy (non-hydrogen) atoms. The molecule has 0 fully saturated rings. The fourth-order valence-corrected chi connectivity index (χ4v) is 2.77. The van der Waals surface area contributed by atoms with Crippen molar-refractivity contribution in [2.24, 2.45) is 0 Å². The quantitative estimate of drug-likeness (QED) is 0.661. The molecule has 0 amide bonds. The Morgan fingerprint density at radius 3 is 2.48 bits per heavy atom. The van der Waals surface area contributed by atoms with E-state index in [9.17, 15) is 20.0 Å². The second-order valence-electron chi connectivity index (χ2n) is 4.69. The Hall–Kier alpha value is -2.34. The van der Waals surface area contributed by atoms with Crippen LogP contribution in [0.4, 0.5) is 0 Å². The van der Waals surface area contributed by atoms with Crippen LogP contribution in [0.2, 0.25) is 5.02 Å². The van der Waals surface area contributed by atoms with Gasteiger partial charge in [0.1, 0.15) is 5.92 Å². The van der Waals surface area contributed by atoms with Gasteiger partial charge in [0.15, 0.2) is 0 Å². The Balaban J connectivity index is 2.74. The van der Waals surface area contributed by atoms with Crippen molar-refractivity contribution in [3.63, 3.8) is 0 Å². The van der Waals surface area contributed by atoms with E-state index < -0.39 is 16.8 Å². The summed E-state index contributed by atoms with van der Waals surface area (Å²) in [6, 6.07) is 6.54. The molecule has 1 heterocycles. The number of nitrogens with zero attached hydrogens (tertiary/aromatic N) is 1. The summed E-state index contributed by atoms with van der Waals surface area (Å²) < 4.78 is 0. The van der Waals surface area contributed by atoms with Crippen LogP contribution in [0.25, 0.3) is 0 Å². The van der Waals surface area contributed by atoms with E-state index in [1.165, 1.54) is 0 Å². The standard InChI is InChI=1S/C14H13ClN2O4/c1-7-11(14(18)19)12(9-5-3-4-6-10(9)15)13(17(20)21)8(2)16-7/h3-6,12,16H,1-2H3,(H,18,19). The van der Waals surface area contributed by atoms with Gasteiger partial charge in [-0.25, -0.2) is 4.79 Å². The van der Waals surface area contributed by atoms with Gasteiger partial charge in [0.05, 0.1) is 16.2 Å². The van der Waals surface area contributed by atoms with Crippen molar-refractivity contribution in [2.45, 2.75) is 19.8 Å². The van der Waals surface area contributed by atoms with Gasteiger partial charge in [-0.1, -0.05) is 29.8 Å². The number of benzene rings is 1. The van der Waals surface area contributed by atoms with E-state index in [2.05, 4.69) is 5.32 Å². The first-order valence-corrected chi connectivity index (χ1v) is 6.53. The minimum absolute atomic E-state index is 0.0691. The molecular formula is C14H13ClN2O4. The van der Waals surface area contributed by atoms with Crippen molar-refractivity contribution >= 4 is 17.6 Å². The fraction of sp³-hybridized carbons (Fsp3) is 0.214. The molecule has 1 unspecified atom stereocenters. The van der Waals surface area contributed by atoms with Gasteiger partial charge in [0.25, 0.3) is 5.70 Å². The van der Waals surface area contributed by atoms with E-state index in [-0.39, 0.29) is 11.3 Å². The molecule has 0 radical (unpaired) electrons. The van der Waals surface area contributed by atoms with Crippen molar-refractivity contribution in [2.75, 3.05) is 0 Å². The van der Waals surface area contributed by atoms with Crippen molar-refractivity contribution in [3.8, 4) is 0 Å². The van der Waals surface area contributed by atoms with Crippen molar-refractivity contribution in [1.29, 1.82) is 0 Å². The van der Waals surface area contributed by atoms with E-state index in [1.807, 2.05) is 0 Å². The number of allylic oxidation sites excluding steroid dienone is 3. The Bertz CT molecular complexity index is 658. The molecule has 0 aromatic heterocycles. The largest absolute Gasteiger partial charge is 0.478 e. The lowest BCUT2D eigenvalue weighted by Crippen LogP contribution is -2.30. The third-order valence-electron chi connectivity index (χ3n) is 3.37. The van der Waals surface area contributed by atoms with Gasteiger partial charge < -0.3 is 10.4 Å². The predicted molar refractivity (Wildman–Crippen MR) is 77.4 cm³/mol. The number of carboxylic acids is 1. The zero-order chi connectivity index (χ0) is 15.7. The van der Waals surface area contributed by atoms with Gasteiger partial charge in [-0.3, -0.25) is 10.1 Å². The van der Waals surface area contributed by atoms with Gasteiger partial charge >= 0.3 is 5.97 Å². The third-order valence-corrected chi connectivity index (χ3v) is 3.71. The number of halogens is 1. The monoisotopic (exact) mass is 308 g/mol. The number of rotatable bonds is 3. The first-order chi connectivity index (χ1) is 9.84. The number of hydrogen-bond acceptors (Lipinski definition) is 4. The van der Waals surface area contributed by atoms with Crippen LogP contribution in [0.5, 0.6) is 0 Å². The van der Waals surface area contributed by atoms with Crippen LogP contribution >= 0.6 is 11.6 Å². The van der Waals surface area contributed by atoms with Crippen LogP contribution in [-0.2, 0) is 4.79 Å². The van der Waals surface area contributed by atoms with E-state index in [1.54, 1.807) is 38.1 Å². The van der Waals surface area contributed by atoms with Gasteiger partial charge in [-0.05, 0) is 25.5 Å². The molecule has 1 atom stereocenters. The zero-order valence-corrected chi connectivity index (χ0v) is 12.1. The highest BCUT2D eigenvalue weighted by molar-refractivity contribution is 6.31. The van der Waals surface area contributed by atoms with Crippen LogP contribution in [0.3, 0.4) is 0 Å². The number of hydrogen-bond donors (Lipinski definition) is 2. The van der Waals surface area contributed by atoms with E-state index in [0.717, 1.165) is 0 Å². The fourth-order valence-electron chi connectivity index (χ4n) is 2.52. The molecule has 0 saturated heterocycles. The number of carboxylic acid groups (broad SMARTS) is 1. The smallest absolute Gasteiger partial charge is 0.334 e. The maximum atomic E-state index is 11.5. The summed E-state index contributed by atoms with van der Waals surface area (Å²) in [5.74, 6) is -2.22. The normalized spacial score (nSPS) is 18.5. The van der Waals surface area contributed by atoms with Gasteiger partial charge in [-0.2, -0.15) is 0 Å². The minimum atomic E-state index is -1.21. The third kappa shape index (κ3) is 2.62. The summed E-state index contributed by atoms with van der Waals surface area (Å²) in [6.07, 6.45) is 0. The lowest BCUT2D eigenvalue weighted by molar-refractivity contribution is -0.431. The zero-order valence-electron chi connectivity index (χ0n) is 11.4. The number of dihydropyridines is 1. The molecule has 110 valence electrons. The lowest BCUT2D eigenvalue weighted by Gasteiger charge is -2.25. The summed E-state index contributed by atoms with van der Waals surface area (Å²) in [6.45, 7) is 3.12. The molecule has 6 nitrogen and oxygen atoms in total. The van der Waals surface area contributed by atoms with E-state index in [0.29, 0.717) is 22.0 Å². The molecule has 0 bridgehead atoms. The van der Waals surface area contributed by atoms with Crippen LogP contribution in [0.15, 0.2) is 46.9 Å². The molecule has 0 spiro atoms. The van der Waals surface area contributed by atoms with Gasteiger partial charge in [-0.15, -0.1) is 0 Å². The minimum Gasteiger partial charge on any atom is -0.478 e. The number of nitrogens with one attached hydrogen (secondary N) is 1. The number of nitro groups is 1. The molecule has 2 N–H and O–H groups in total. The van der Waals surface area contributed by atoms with E-state index in [4.69, 9.17) is 11.6 Å². The maximum Gasteiger partial charge on any atom is 0.334 e. The average molecular weight is 309 g/mol. The second-order valence-corrected chi connectivity index (χ2v) is 5.10. The Kier molecular flexibility index (Phi) is 3.99. The topological polar surface area (TPSA) is 92.5 Å². The highest BCUT2D eigenvalue weighted by Crippen LogP contribution is 2.40. The maximum absolute atomic E-state index is 11.5. The summed E-state index contributed by atoms with van der Waals surface area (Å²) >= 11 is 6.11. The highest BCUT2D eigenvalue weighted by atomic mass is 35.5. The first kappa shape index (κ1) is 15.1. The summed E-state index contributed by atoms with van der Waals surface area (Å²) in [5.41, 5.74) is 0.818. The molecule has 7 heteroatoms. The molecule has 1 aromatic rings. The molecule has 1 aliphatic heterocycles. The SMILES string of the molecule is CC1=C(C(=O)O)C(c2ccccc2Cl)C([N+](=O)[O-])=C(C)N1. The lowest BCUT2D eigenvalue weighted by atomic mass is 9.84. The first-order valence-electron chi connectivity index (χ1n) is 6.15. The Morgan fingerprint density at radius 2 is 1.95 bits per heavy atom. The number of carbonyl (C=O) groups is 1. The Labute approximate surface area is 125 Å². The van der Waals surface area contributed by atoms with Gasteiger partial charge in [0.2, 0.25) is 0 Å².